The number of anilines is 2. The molecule has 1 atom stereocenters. The van der Waals surface area contributed by atoms with Crippen LogP contribution in [0.1, 0.15) is 85.0 Å². The largest absolute Gasteiger partial charge is 0.335 e. The summed E-state index contributed by atoms with van der Waals surface area (Å²) in [4.78, 5) is 2.68. The lowest BCUT2D eigenvalue weighted by Gasteiger charge is -2.46. The molecule has 0 saturated heterocycles. The van der Waals surface area contributed by atoms with Gasteiger partial charge in [0.1, 0.15) is 0 Å². The molecular weight excluding hydrogens is 326 g/mol. The fourth-order valence-electron chi connectivity index (χ4n) is 4.41. The number of benzene rings is 2. The quantitative estimate of drug-likeness (QED) is 0.321. The second-order valence-corrected chi connectivity index (χ2v) is 7.90. The van der Waals surface area contributed by atoms with Gasteiger partial charge >= 0.3 is 0 Å². The molecule has 0 aliphatic rings. The van der Waals surface area contributed by atoms with Gasteiger partial charge in [0.05, 0.1) is 0 Å². The zero-order chi connectivity index (χ0) is 19.4. The molecule has 0 aliphatic carbocycles. The summed E-state index contributed by atoms with van der Waals surface area (Å²) in [6.45, 7) is 6.97. The zero-order valence-corrected chi connectivity index (χ0v) is 17.8. The van der Waals surface area contributed by atoms with E-state index in [9.17, 15) is 0 Å². The molecule has 0 amide bonds. The maximum absolute atomic E-state index is 2.68. The number of hydrogen-bond donors (Lipinski definition) is 0. The molecule has 27 heavy (non-hydrogen) atoms. The Morgan fingerprint density at radius 1 is 0.556 bits per heavy atom. The normalized spacial score (nSPS) is 13.3. The summed E-state index contributed by atoms with van der Waals surface area (Å²) in [5.41, 5.74) is 2.88. The molecule has 0 aromatic heterocycles. The summed E-state index contributed by atoms with van der Waals surface area (Å²) >= 11 is 0. The lowest BCUT2D eigenvalue weighted by Crippen LogP contribution is -2.46. The predicted molar refractivity (Wildman–Crippen MR) is 121 cm³/mol. The Labute approximate surface area is 167 Å². The minimum absolute atomic E-state index is 0.210. The van der Waals surface area contributed by atoms with Gasteiger partial charge in [0.2, 0.25) is 0 Å². The topological polar surface area (TPSA) is 3.24 Å². The first kappa shape index (κ1) is 21.5. The van der Waals surface area contributed by atoms with Crippen LogP contribution in [0.5, 0.6) is 0 Å². The number of rotatable bonds is 13. The smallest absolute Gasteiger partial charge is 0.0451 e. The third-order valence-corrected chi connectivity index (χ3v) is 5.71. The van der Waals surface area contributed by atoms with Crippen LogP contribution in [0.3, 0.4) is 0 Å². The Balaban J connectivity index is 2.46. The van der Waals surface area contributed by atoms with Crippen molar-refractivity contribution < 1.29 is 0 Å². The number of para-hydroxylation sites is 2. The zero-order valence-electron chi connectivity index (χ0n) is 17.8. The van der Waals surface area contributed by atoms with Crippen LogP contribution in [0.25, 0.3) is 0 Å². The van der Waals surface area contributed by atoms with Crippen molar-refractivity contribution in [3.8, 4) is 0 Å². The first-order valence-electron chi connectivity index (χ1n) is 11.2. The first-order chi connectivity index (χ1) is 13.3. The standard InChI is InChI=1S/C26H39N/c1-4-7-9-16-23-26(21-6-3,22-8-5-2)27(24-17-12-10-13-18-24)25-19-14-11-15-20-25/h10-15,17-20H,4-9,16,21-23H2,1-3H3. The Hall–Kier alpha value is -1.76. The lowest BCUT2D eigenvalue weighted by molar-refractivity contribution is 0.310. The number of nitrogens with zero attached hydrogens (tertiary/aromatic N) is 1. The molecule has 1 nitrogen and oxygen atoms in total. The fourth-order valence-corrected chi connectivity index (χ4v) is 4.41. The molecule has 0 saturated carbocycles. The molecular formula is C26H39N. The van der Waals surface area contributed by atoms with Gasteiger partial charge in [-0.1, -0.05) is 102 Å². The van der Waals surface area contributed by atoms with Crippen LogP contribution >= 0.6 is 0 Å². The van der Waals surface area contributed by atoms with Crippen LogP contribution in [0.15, 0.2) is 60.7 Å². The molecule has 1 unspecified atom stereocenters. The van der Waals surface area contributed by atoms with Crippen molar-refractivity contribution in [2.45, 2.75) is 90.5 Å². The summed E-state index contributed by atoms with van der Waals surface area (Å²) in [5, 5.41) is 0. The van der Waals surface area contributed by atoms with E-state index in [0.29, 0.717) is 0 Å². The van der Waals surface area contributed by atoms with Gasteiger partial charge < -0.3 is 4.90 Å². The minimum Gasteiger partial charge on any atom is -0.335 e. The summed E-state index contributed by atoms with van der Waals surface area (Å²) in [6, 6.07) is 22.1. The highest BCUT2D eigenvalue weighted by Crippen LogP contribution is 2.42. The third kappa shape index (κ3) is 6.13. The minimum atomic E-state index is 0.210. The Kier molecular flexibility index (Phi) is 9.45. The summed E-state index contributed by atoms with van der Waals surface area (Å²) in [7, 11) is 0. The molecule has 0 aliphatic heterocycles. The molecule has 0 heterocycles. The predicted octanol–water partition coefficient (Wildman–Crippen LogP) is 8.52. The van der Waals surface area contributed by atoms with E-state index in [0.717, 1.165) is 0 Å². The van der Waals surface area contributed by atoms with E-state index >= 15 is 0 Å². The van der Waals surface area contributed by atoms with Crippen LogP contribution in [0, 0.1) is 0 Å². The van der Waals surface area contributed by atoms with Gasteiger partial charge in [0, 0.05) is 16.9 Å². The van der Waals surface area contributed by atoms with E-state index in [1.165, 1.54) is 75.6 Å². The molecule has 0 N–H and O–H groups in total. The second-order valence-electron chi connectivity index (χ2n) is 7.90. The fraction of sp³-hybridized carbons (Fsp3) is 0.538. The van der Waals surface area contributed by atoms with Crippen molar-refractivity contribution in [3.05, 3.63) is 60.7 Å². The highest BCUT2D eigenvalue weighted by Gasteiger charge is 2.36. The molecule has 2 rings (SSSR count). The van der Waals surface area contributed by atoms with Crippen molar-refractivity contribution in [1.29, 1.82) is 0 Å². The van der Waals surface area contributed by atoms with Crippen LogP contribution in [-0.4, -0.2) is 5.54 Å². The van der Waals surface area contributed by atoms with Crippen molar-refractivity contribution in [3.63, 3.8) is 0 Å². The number of hydrogen-bond acceptors (Lipinski definition) is 1. The molecule has 148 valence electrons. The van der Waals surface area contributed by atoms with Crippen molar-refractivity contribution in [2.75, 3.05) is 4.90 Å². The molecule has 0 bridgehead atoms. The Morgan fingerprint density at radius 3 is 1.56 bits per heavy atom. The van der Waals surface area contributed by atoms with Gasteiger partial charge in [-0.3, -0.25) is 0 Å². The summed E-state index contributed by atoms with van der Waals surface area (Å²) in [5.74, 6) is 0. The average molecular weight is 366 g/mol. The van der Waals surface area contributed by atoms with Crippen molar-refractivity contribution in [1.82, 2.24) is 0 Å². The highest BCUT2D eigenvalue weighted by atomic mass is 15.2. The van der Waals surface area contributed by atoms with E-state index in [1.54, 1.807) is 0 Å². The van der Waals surface area contributed by atoms with E-state index in [1.807, 2.05) is 0 Å². The highest BCUT2D eigenvalue weighted by molar-refractivity contribution is 5.65. The van der Waals surface area contributed by atoms with Gasteiger partial charge in [-0.05, 0) is 43.5 Å². The monoisotopic (exact) mass is 365 g/mol. The first-order valence-corrected chi connectivity index (χ1v) is 11.2. The van der Waals surface area contributed by atoms with Gasteiger partial charge in [-0.25, -0.2) is 0 Å². The summed E-state index contributed by atoms with van der Waals surface area (Å²) in [6.07, 6.45) is 12.9. The van der Waals surface area contributed by atoms with Gasteiger partial charge in [0.15, 0.2) is 0 Å². The lowest BCUT2D eigenvalue weighted by atomic mass is 9.80. The van der Waals surface area contributed by atoms with Gasteiger partial charge in [-0.15, -0.1) is 0 Å². The molecule has 0 radical (unpaired) electrons. The van der Waals surface area contributed by atoms with Crippen LogP contribution in [0.2, 0.25) is 0 Å². The van der Waals surface area contributed by atoms with E-state index in [-0.39, 0.29) is 5.54 Å². The van der Waals surface area contributed by atoms with E-state index in [4.69, 9.17) is 0 Å². The maximum Gasteiger partial charge on any atom is 0.0451 e. The van der Waals surface area contributed by atoms with E-state index < -0.39 is 0 Å². The molecule has 1 heteroatoms. The Morgan fingerprint density at radius 2 is 1.07 bits per heavy atom. The third-order valence-electron chi connectivity index (χ3n) is 5.71. The Bertz CT molecular complexity index is 567. The SMILES string of the molecule is CCCCCCC(CCC)(CCCC)N(c1ccccc1)c1ccccc1. The van der Waals surface area contributed by atoms with Crippen molar-refractivity contribution >= 4 is 11.4 Å². The van der Waals surface area contributed by atoms with E-state index in [2.05, 4.69) is 86.3 Å². The van der Waals surface area contributed by atoms with Gasteiger partial charge in [0.25, 0.3) is 0 Å². The van der Waals surface area contributed by atoms with Gasteiger partial charge in [-0.2, -0.15) is 0 Å². The van der Waals surface area contributed by atoms with Crippen molar-refractivity contribution in [2.24, 2.45) is 0 Å². The van der Waals surface area contributed by atoms with Crippen LogP contribution in [0.4, 0.5) is 11.4 Å². The van der Waals surface area contributed by atoms with Crippen LogP contribution in [-0.2, 0) is 0 Å². The number of unbranched alkanes of at least 4 members (excludes halogenated alkanes) is 4. The molecule has 0 spiro atoms. The second kappa shape index (κ2) is 11.8. The molecule has 0 fully saturated rings. The average Bonchev–Trinajstić information content (AvgIpc) is 2.71. The maximum atomic E-state index is 2.68. The summed E-state index contributed by atoms with van der Waals surface area (Å²) < 4.78 is 0. The molecule has 2 aromatic carbocycles. The molecule has 2 aromatic rings. The van der Waals surface area contributed by atoms with Crippen LogP contribution < -0.4 is 4.90 Å².